The van der Waals surface area contributed by atoms with Crippen LogP contribution >= 0.6 is 0 Å². The van der Waals surface area contributed by atoms with Crippen molar-refractivity contribution in [2.24, 2.45) is 0 Å². The first-order valence-electron chi connectivity index (χ1n) is 11.5. The maximum Gasteiger partial charge on any atom is 0.416 e. The molecule has 2 aliphatic heterocycles. The predicted molar refractivity (Wildman–Crippen MR) is 127 cm³/mol. The van der Waals surface area contributed by atoms with Gasteiger partial charge in [0.1, 0.15) is 29.6 Å². The van der Waals surface area contributed by atoms with Gasteiger partial charge in [-0.05, 0) is 67.9 Å². The second-order valence-corrected chi connectivity index (χ2v) is 11.3. The van der Waals surface area contributed by atoms with E-state index < -0.39 is 56.3 Å². The molecule has 2 heterocycles. The van der Waals surface area contributed by atoms with Crippen LogP contribution in [0.4, 0.5) is 27.6 Å². The van der Waals surface area contributed by atoms with Crippen LogP contribution in [0.5, 0.6) is 5.75 Å². The van der Waals surface area contributed by atoms with Crippen LogP contribution in [0.1, 0.15) is 19.4 Å². The Morgan fingerprint density at radius 3 is 2.42 bits per heavy atom. The highest BCUT2D eigenvalue weighted by atomic mass is 32.2. The minimum atomic E-state index is -4.76. The van der Waals surface area contributed by atoms with Crippen LogP contribution in [0.3, 0.4) is 0 Å². The van der Waals surface area contributed by atoms with E-state index in [1.54, 1.807) is 13.8 Å². The molecule has 0 spiro atoms. The van der Waals surface area contributed by atoms with Crippen LogP contribution in [-0.2, 0) is 25.7 Å². The number of fused-ring (bicyclic) bond motifs is 1. The smallest absolute Gasteiger partial charge is 0.416 e. The largest absolute Gasteiger partial charge is 0.483 e. The zero-order valence-electron chi connectivity index (χ0n) is 20.1. The molecular weight excluding hydrogens is 533 g/mol. The summed E-state index contributed by atoms with van der Waals surface area (Å²) < 4.78 is 114. The lowest BCUT2D eigenvalue weighted by Gasteiger charge is -2.37. The summed E-state index contributed by atoms with van der Waals surface area (Å²) in [4.78, 5) is -0.592. The minimum absolute atomic E-state index is 0.0435. The molecule has 12 heteroatoms. The van der Waals surface area contributed by atoms with Crippen molar-refractivity contribution in [1.82, 2.24) is 0 Å². The Morgan fingerprint density at radius 2 is 1.74 bits per heavy atom. The monoisotopic (exact) mass is 555 g/mol. The Balaban J connectivity index is 1.62. The van der Waals surface area contributed by atoms with Crippen LogP contribution in [0.2, 0.25) is 0 Å². The molecule has 0 bridgehead atoms. The highest BCUT2D eigenvalue weighted by molar-refractivity contribution is 7.92. The van der Waals surface area contributed by atoms with Crippen molar-refractivity contribution in [1.29, 1.82) is 0 Å². The molecule has 3 aromatic carbocycles. The van der Waals surface area contributed by atoms with Crippen LogP contribution in [0, 0.1) is 11.6 Å². The molecule has 0 unspecified atom stereocenters. The third-order valence-corrected chi connectivity index (χ3v) is 8.06. The second-order valence-electron chi connectivity index (χ2n) is 9.39. The molecule has 2 aliphatic rings. The first-order chi connectivity index (χ1) is 17.7. The topological polar surface area (TPSA) is 65.1 Å². The molecule has 0 aromatic heterocycles. The van der Waals surface area contributed by atoms with Crippen molar-refractivity contribution >= 4 is 15.7 Å². The molecule has 1 fully saturated rings. The van der Waals surface area contributed by atoms with E-state index in [1.807, 2.05) is 0 Å². The summed E-state index contributed by atoms with van der Waals surface area (Å²) in [5.41, 5.74) is -1.15. The summed E-state index contributed by atoms with van der Waals surface area (Å²) >= 11 is 0. The highest BCUT2D eigenvalue weighted by Crippen LogP contribution is 2.42. The zero-order chi connectivity index (χ0) is 27.5. The Hall–Kier alpha value is -3.22. The summed E-state index contributed by atoms with van der Waals surface area (Å²) in [6, 6.07) is 10.4. The van der Waals surface area contributed by atoms with Gasteiger partial charge in [0.05, 0.1) is 29.3 Å². The van der Waals surface area contributed by atoms with E-state index in [-0.39, 0.29) is 35.7 Å². The number of nitrogens with zero attached hydrogens (tertiary/aromatic N) is 1. The van der Waals surface area contributed by atoms with E-state index >= 15 is 0 Å². The molecule has 0 aliphatic carbocycles. The number of sulfonamides is 1. The molecule has 2 atom stereocenters. The fraction of sp³-hybridized carbons (Fsp3) is 0.308. The first-order valence-corrected chi connectivity index (χ1v) is 13.0. The van der Waals surface area contributed by atoms with Gasteiger partial charge in [-0.1, -0.05) is 12.1 Å². The van der Waals surface area contributed by atoms with E-state index in [2.05, 4.69) is 0 Å². The molecule has 0 saturated carbocycles. The first kappa shape index (κ1) is 26.4. The van der Waals surface area contributed by atoms with E-state index in [9.17, 15) is 30.4 Å². The molecular formula is C26H22F5NO5S. The summed E-state index contributed by atoms with van der Waals surface area (Å²) in [6.07, 6.45) is -6.32. The molecule has 6 nitrogen and oxygen atoms in total. The molecule has 0 radical (unpaired) electrons. The Labute approximate surface area is 215 Å². The van der Waals surface area contributed by atoms with Crippen molar-refractivity contribution in [3.8, 4) is 16.9 Å². The maximum absolute atomic E-state index is 14.5. The lowest BCUT2D eigenvalue weighted by Crippen LogP contribution is -2.49. The fourth-order valence-electron chi connectivity index (χ4n) is 4.44. The molecule has 0 N–H and O–H groups in total. The van der Waals surface area contributed by atoms with Gasteiger partial charge in [-0.25, -0.2) is 17.2 Å². The molecule has 202 valence electrons. The fourth-order valence-corrected chi connectivity index (χ4v) is 5.97. The standard InChI is InChI=1S/C26H22F5NO5S/c1-25(2)35-14-24(37-25)23-13-32(38(33,34)18-5-3-4-16(11-18)26(29,30)31)21-10-15(6-9-22(21)36-23)19-12-17(27)7-8-20(19)28/h3-12,23-24H,13-14H2,1-2H3/t23-,24-/m1/s1. The van der Waals surface area contributed by atoms with E-state index in [0.717, 1.165) is 40.7 Å². The molecule has 5 rings (SSSR count). The number of hydrogen-bond acceptors (Lipinski definition) is 5. The maximum atomic E-state index is 14.5. The lowest BCUT2D eigenvalue weighted by atomic mass is 10.0. The SMILES string of the molecule is CC1(C)OC[C@H]([C@H]2CN(S(=O)(=O)c3cccc(C(F)(F)F)c3)c3cc(-c4cc(F)ccc4F)ccc3O2)O1. The van der Waals surface area contributed by atoms with Crippen molar-refractivity contribution in [2.45, 2.75) is 42.9 Å². The van der Waals surface area contributed by atoms with Crippen molar-refractivity contribution < 1.29 is 44.6 Å². The van der Waals surface area contributed by atoms with Crippen LogP contribution in [0.25, 0.3) is 11.1 Å². The van der Waals surface area contributed by atoms with E-state index in [1.165, 1.54) is 18.2 Å². The Morgan fingerprint density at radius 1 is 0.974 bits per heavy atom. The number of rotatable bonds is 4. The number of ether oxygens (including phenoxy) is 3. The van der Waals surface area contributed by atoms with E-state index in [4.69, 9.17) is 14.2 Å². The third-order valence-electron chi connectivity index (χ3n) is 6.29. The predicted octanol–water partition coefficient (Wildman–Crippen LogP) is 5.76. The van der Waals surface area contributed by atoms with Gasteiger partial charge in [0.2, 0.25) is 0 Å². The third kappa shape index (κ3) is 4.95. The minimum Gasteiger partial charge on any atom is -0.483 e. The van der Waals surface area contributed by atoms with Gasteiger partial charge < -0.3 is 14.2 Å². The van der Waals surface area contributed by atoms with E-state index in [0.29, 0.717) is 6.07 Å². The number of alkyl halides is 3. The lowest BCUT2D eigenvalue weighted by molar-refractivity contribution is -0.148. The number of hydrogen-bond donors (Lipinski definition) is 0. The molecule has 3 aromatic rings. The molecule has 38 heavy (non-hydrogen) atoms. The Kier molecular flexibility index (Phi) is 6.40. The molecule has 1 saturated heterocycles. The van der Waals surface area contributed by atoms with Crippen LogP contribution < -0.4 is 9.04 Å². The van der Waals surface area contributed by atoms with Crippen LogP contribution in [-0.4, -0.2) is 39.6 Å². The van der Waals surface area contributed by atoms with Gasteiger partial charge in [-0.15, -0.1) is 0 Å². The van der Waals surface area contributed by atoms with Gasteiger partial charge in [0.15, 0.2) is 5.79 Å². The van der Waals surface area contributed by atoms with Crippen molar-refractivity contribution in [3.05, 3.63) is 77.9 Å². The highest BCUT2D eigenvalue weighted by Gasteiger charge is 2.44. The average Bonchev–Trinajstić information content (AvgIpc) is 3.23. The number of benzene rings is 3. The van der Waals surface area contributed by atoms with Crippen molar-refractivity contribution in [2.75, 3.05) is 17.5 Å². The van der Waals surface area contributed by atoms with Gasteiger partial charge in [0.25, 0.3) is 10.0 Å². The normalized spacial score (nSPS) is 21.2. The number of halogens is 5. The summed E-state index contributed by atoms with van der Waals surface area (Å²) in [5.74, 6) is -2.32. The average molecular weight is 556 g/mol. The zero-order valence-corrected chi connectivity index (χ0v) is 20.9. The quantitative estimate of drug-likeness (QED) is 0.383. The van der Waals surface area contributed by atoms with Crippen molar-refractivity contribution in [3.63, 3.8) is 0 Å². The van der Waals surface area contributed by atoms with Crippen LogP contribution in [0.15, 0.2) is 65.6 Å². The molecule has 0 amide bonds. The second kappa shape index (κ2) is 9.21. The van der Waals surface area contributed by atoms with Gasteiger partial charge >= 0.3 is 6.18 Å². The summed E-state index contributed by atoms with van der Waals surface area (Å²) in [7, 11) is -4.58. The number of anilines is 1. The summed E-state index contributed by atoms with van der Waals surface area (Å²) in [6.45, 7) is 3.13. The van der Waals surface area contributed by atoms with Gasteiger partial charge in [-0.3, -0.25) is 4.31 Å². The van der Waals surface area contributed by atoms with Gasteiger partial charge in [-0.2, -0.15) is 13.2 Å². The Bertz CT molecular complexity index is 1490. The summed E-state index contributed by atoms with van der Waals surface area (Å²) in [5, 5.41) is 0. The van der Waals surface area contributed by atoms with Gasteiger partial charge in [0, 0.05) is 5.56 Å².